The van der Waals surface area contributed by atoms with Crippen molar-refractivity contribution in [1.82, 2.24) is 19.2 Å². The molecule has 8 nitrogen and oxygen atoms in total. The van der Waals surface area contributed by atoms with E-state index < -0.39 is 21.8 Å². The monoisotopic (exact) mass is 515 g/mol. The largest absolute Gasteiger partial charge is 0.420 e. The molecule has 3 aliphatic rings. The van der Waals surface area contributed by atoms with Crippen molar-refractivity contribution in [2.75, 3.05) is 38.3 Å². The van der Waals surface area contributed by atoms with Crippen molar-refractivity contribution in [3.05, 3.63) is 28.3 Å². The van der Waals surface area contributed by atoms with Gasteiger partial charge in [0, 0.05) is 49.2 Å². The number of anilines is 1. The lowest BCUT2D eigenvalue weighted by molar-refractivity contribution is -0.137. The molecule has 34 heavy (non-hydrogen) atoms. The third-order valence-electron chi connectivity index (χ3n) is 6.77. The van der Waals surface area contributed by atoms with Gasteiger partial charge in [0.15, 0.2) is 0 Å². The predicted molar refractivity (Wildman–Crippen MR) is 121 cm³/mol. The van der Waals surface area contributed by atoms with Crippen LogP contribution < -0.4 is 5.32 Å². The summed E-state index contributed by atoms with van der Waals surface area (Å²) in [4.78, 5) is 23.6. The number of hydrogen-bond acceptors (Lipinski definition) is 7. The fraction of sp³-hybridized carbons (Fsp3) is 0.571. The quantitative estimate of drug-likeness (QED) is 0.672. The molecule has 0 atom stereocenters. The predicted octanol–water partition coefficient (Wildman–Crippen LogP) is 3.18. The molecular formula is C21H24F3N5O3S2. The second-order valence-electron chi connectivity index (χ2n) is 9.33. The molecule has 4 heterocycles. The summed E-state index contributed by atoms with van der Waals surface area (Å²) in [6.07, 6.45) is 0.0692. The highest BCUT2D eigenvalue weighted by Gasteiger charge is 2.52. The Hall–Kier alpha value is -2.25. The lowest BCUT2D eigenvalue weighted by Gasteiger charge is -2.30. The van der Waals surface area contributed by atoms with E-state index in [1.807, 2.05) is 0 Å². The van der Waals surface area contributed by atoms with Crippen molar-refractivity contribution in [1.29, 1.82) is 0 Å². The number of amides is 1. The molecule has 1 aliphatic carbocycles. The van der Waals surface area contributed by atoms with Crippen molar-refractivity contribution >= 4 is 33.2 Å². The standard InChI is InChI=1S/C21H24F3N5O3S2/c1-28-11-20(5-6-20)17-13(18(28)30)9-15(33-17)16-14(21(22,23)24)10-25-19(27-16)26-12-3-7-29(8-4-12)34(2,31)32/h9-10,12H,3-8,11H2,1-2H3,(H,25,26,27). The summed E-state index contributed by atoms with van der Waals surface area (Å²) in [6.45, 7) is 1.21. The van der Waals surface area contributed by atoms with Crippen LogP contribution in [-0.4, -0.2) is 72.5 Å². The minimum absolute atomic E-state index is 0.0526. The van der Waals surface area contributed by atoms with E-state index in [-0.39, 0.29) is 29.0 Å². The number of fused-ring (bicyclic) bond motifs is 2. The molecule has 184 valence electrons. The Morgan fingerprint density at radius 3 is 2.50 bits per heavy atom. The van der Waals surface area contributed by atoms with E-state index in [1.165, 1.54) is 21.7 Å². The van der Waals surface area contributed by atoms with Crippen LogP contribution >= 0.6 is 11.3 Å². The van der Waals surface area contributed by atoms with Crippen LogP contribution in [0.25, 0.3) is 10.6 Å². The number of piperidine rings is 1. The number of alkyl halides is 3. The minimum Gasteiger partial charge on any atom is -0.351 e. The van der Waals surface area contributed by atoms with Gasteiger partial charge in [0.25, 0.3) is 5.91 Å². The first-order valence-corrected chi connectivity index (χ1v) is 13.6. The number of nitrogens with one attached hydrogen (secondary N) is 1. The summed E-state index contributed by atoms with van der Waals surface area (Å²) in [5, 5.41) is 3.07. The van der Waals surface area contributed by atoms with Crippen molar-refractivity contribution in [3.8, 4) is 10.6 Å². The maximum Gasteiger partial charge on any atom is 0.420 e. The van der Waals surface area contributed by atoms with Gasteiger partial charge in [-0.1, -0.05) is 0 Å². The number of likely N-dealkylation sites (N-methyl/N-ethyl adjacent to an activating group) is 1. The highest BCUT2D eigenvalue weighted by Crippen LogP contribution is 2.56. The summed E-state index contributed by atoms with van der Waals surface area (Å²) >= 11 is 1.21. The van der Waals surface area contributed by atoms with Gasteiger partial charge >= 0.3 is 6.18 Å². The van der Waals surface area contributed by atoms with Gasteiger partial charge in [-0.05, 0) is 31.7 Å². The summed E-state index contributed by atoms with van der Waals surface area (Å²) in [6, 6.07) is 1.37. The molecular weight excluding hydrogens is 491 g/mol. The first kappa shape index (κ1) is 23.5. The first-order valence-electron chi connectivity index (χ1n) is 10.9. The molecule has 1 amide bonds. The summed E-state index contributed by atoms with van der Waals surface area (Å²) in [5.41, 5.74) is -0.889. The topological polar surface area (TPSA) is 95.5 Å². The van der Waals surface area contributed by atoms with E-state index in [4.69, 9.17) is 0 Å². The van der Waals surface area contributed by atoms with E-state index >= 15 is 0 Å². The number of carbonyl (C=O) groups excluding carboxylic acids is 1. The van der Waals surface area contributed by atoms with Crippen LogP contribution in [0.5, 0.6) is 0 Å². The maximum atomic E-state index is 13.8. The molecule has 1 saturated carbocycles. The average molecular weight is 516 g/mol. The number of aromatic nitrogens is 2. The number of nitrogens with zero attached hydrogens (tertiary/aromatic N) is 4. The van der Waals surface area contributed by atoms with Crippen LogP contribution in [0.4, 0.5) is 19.1 Å². The number of carbonyl (C=O) groups is 1. The zero-order valence-electron chi connectivity index (χ0n) is 18.6. The summed E-state index contributed by atoms with van der Waals surface area (Å²) in [5.74, 6) is -0.134. The number of rotatable bonds is 4. The zero-order valence-corrected chi connectivity index (χ0v) is 20.3. The molecule has 1 saturated heterocycles. The Labute approximate surface area is 199 Å². The molecule has 0 bridgehead atoms. The van der Waals surface area contributed by atoms with Crippen molar-refractivity contribution in [3.63, 3.8) is 0 Å². The summed E-state index contributed by atoms with van der Waals surface area (Å²) < 4.78 is 66.3. The number of hydrogen-bond donors (Lipinski definition) is 1. The average Bonchev–Trinajstić information content (AvgIpc) is 3.37. The number of sulfonamides is 1. The highest BCUT2D eigenvalue weighted by atomic mass is 32.2. The van der Waals surface area contributed by atoms with E-state index in [1.54, 1.807) is 11.9 Å². The summed E-state index contributed by atoms with van der Waals surface area (Å²) in [7, 11) is -1.57. The van der Waals surface area contributed by atoms with Crippen LogP contribution in [-0.2, 0) is 21.6 Å². The van der Waals surface area contributed by atoms with Crippen molar-refractivity contribution in [2.24, 2.45) is 0 Å². The Bertz CT molecular complexity index is 1250. The van der Waals surface area contributed by atoms with E-state index in [2.05, 4.69) is 15.3 Å². The highest BCUT2D eigenvalue weighted by molar-refractivity contribution is 7.88. The van der Waals surface area contributed by atoms with Gasteiger partial charge in [0.05, 0.1) is 22.4 Å². The lowest BCUT2D eigenvalue weighted by Crippen LogP contribution is -2.42. The van der Waals surface area contributed by atoms with Crippen LogP contribution in [0.2, 0.25) is 0 Å². The third kappa shape index (κ3) is 4.17. The van der Waals surface area contributed by atoms with E-state index in [0.29, 0.717) is 42.9 Å². The fourth-order valence-corrected chi connectivity index (χ4v) is 7.03. The smallest absolute Gasteiger partial charge is 0.351 e. The Balaban J connectivity index is 1.46. The van der Waals surface area contributed by atoms with Gasteiger partial charge in [-0.15, -0.1) is 11.3 Å². The SMILES string of the molecule is CN1CC2(CC2)c2sc(-c3nc(NC4CCN(S(C)(=O)=O)CC4)ncc3C(F)(F)F)cc2C1=O. The van der Waals surface area contributed by atoms with Crippen LogP contribution in [0.15, 0.2) is 12.3 Å². The number of halogens is 3. The minimum atomic E-state index is -4.66. The molecule has 0 unspecified atom stereocenters. The van der Waals surface area contributed by atoms with E-state index in [0.717, 1.165) is 30.2 Å². The Kier molecular flexibility index (Phi) is 5.45. The van der Waals surface area contributed by atoms with Gasteiger partial charge in [-0.3, -0.25) is 4.79 Å². The van der Waals surface area contributed by atoms with Crippen molar-refractivity contribution in [2.45, 2.75) is 43.3 Å². The molecule has 2 aromatic heterocycles. The molecule has 13 heteroatoms. The van der Waals surface area contributed by atoms with Crippen LogP contribution in [0, 0.1) is 0 Å². The van der Waals surface area contributed by atoms with Gasteiger partial charge in [-0.25, -0.2) is 22.7 Å². The maximum absolute atomic E-state index is 13.8. The van der Waals surface area contributed by atoms with Gasteiger partial charge in [0.2, 0.25) is 16.0 Å². The van der Waals surface area contributed by atoms with Gasteiger partial charge in [0.1, 0.15) is 5.56 Å². The van der Waals surface area contributed by atoms with Crippen LogP contribution in [0.1, 0.15) is 46.5 Å². The number of thiophene rings is 1. The fourth-order valence-electron chi connectivity index (χ4n) is 4.76. The third-order valence-corrected chi connectivity index (χ3v) is 9.46. The molecule has 0 radical (unpaired) electrons. The Morgan fingerprint density at radius 2 is 1.91 bits per heavy atom. The molecule has 1 spiro atoms. The van der Waals surface area contributed by atoms with E-state index in [9.17, 15) is 26.4 Å². The molecule has 0 aromatic carbocycles. The zero-order chi connectivity index (χ0) is 24.5. The Morgan fingerprint density at radius 1 is 1.24 bits per heavy atom. The molecule has 5 rings (SSSR count). The second kappa shape index (κ2) is 7.89. The van der Waals surface area contributed by atoms with Gasteiger partial charge < -0.3 is 10.2 Å². The lowest BCUT2D eigenvalue weighted by atomic mass is 9.95. The molecule has 1 N–H and O–H groups in total. The van der Waals surface area contributed by atoms with Crippen molar-refractivity contribution < 1.29 is 26.4 Å². The van der Waals surface area contributed by atoms with Gasteiger partial charge in [-0.2, -0.15) is 13.2 Å². The molecule has 2 aliphatic heterocycles. The molecule has 2 aromatic rings. The second-order valence-corrected chi connectivity index (χ2v) is 12.4. The molecule has 2 fully saturated rings. The first-order chi connectivity index (χ1) is 15.9. The van der Waals surface area contributed by atoms with Crippen LogP contribution in [0.3, 0.4) is 0 Å². The normalized spacial score (nSPS) is 21.1.